The van der Waals surface area contributed by atoms with E-state index in [1.807, 2.05) is 6.08 Å². The molecular formula is C8H11NOS2. The minimum Gasteiger partial charge on any atom is -0.429 e. The van der Waals surface area contributed by atoms with Gasteiger partial charge in [-0.25, -0.2) is 0 Å². The van der Waals surface area contributed by atoms with E-state index in [2.05, 4.69) is 26.1 Å². The van der Waals surface area contributed by atoms with Gasteiger partial charge in [-0.15, -0.1) is 0 Å². The van der Waals surface area contributed by atoms with E-state index in [1.165, 1.54) is 0 Å². The second-order valence-electron chi connectivity index (χ2n) is 3.72. The fourth-order valence-electron chi connectivity index (χ4n) is 0.814. The van der Waals surface area contributed by atoms with Crippen molar-refractivity contribution in [3.05, 3.63) is 11.8 Å². The van der Waals surface area contributed by atoms with Gasteiger partial charge in [0.15, 0.2) is 5.76 Å². The number of thiocarbonyl (C=S) groups is 2. The number of hydrogen-bond acceptors (Lipinski definition) is 3. The lowest BCUT2D eigenvalue weighted by Gasteiger charge is -2.11. The van der Waals surface area contributed by atoms with E-state index in [4.69, 9.17) is 29.2 Å². The van der Waals surface area contributed by atoms with Crippen LogP contribution in [0, 0.1) is 5.41 Å². The summed E-state index contributed by atoms with van der Waals surface area (Å²) in [6, 6.07) is 0. The number of rotatable bonds is 0. The summed E-state index contributed by atoms with van der Waals surface area (Å²) in [5.41, 5.74) is 0.0566. The third-order valence-electron chi connectivity index (χ3n) is 1.21. The molecule has 66 valence electrons. The maximum absolute atomic E-state index is 5.19. The standard InChI is InChI=1S/C8H11NOS2/c1-8(2,3)4-5-6(11)9-7(12)10-5/h4H,1-3H3,(H,9,11,12)/b5-4-. The number of hydrogen-bond donors (Lipinski definition) is 1. The van der Waals surface area contributed by atoms with Crippen LogP contribution in [-0.2, 0) is 4.74 Å². The van der Waals surface area contributed by atoms with Gasteiger partial charge >= 0.3 is 0 Å². The second kappa shape index (κ2) is 3.11. The third kappa shape index (κ3) is 2.53. The van der Waals surface area contributed by atoms with Crippen LogP contribution in [0.4, 0.5) is 0 Å². The first-order chi connectivity index (χ1) is 5.38. The molecule has 0 aliphatic carbocycles. The third-order valence-corrected chi connectivity index (χ3v) is 1.69. The minimum absolute atomic E-state index is 0.0566. The van der Waals surface area contributed by atoms with Crippen molar-refractivity contribution in [2.75, 3.05) is 0 Å². The van der Waals surface area contributed by atoms with Gasteiger partial charge in [0.2, 0.25) is 0 Å². The molecule has 0 aromatic rings. The summed E-state index contributed by atoms with van der Waals surface area (Å²) >= 11 is 9.79. The van der Waals surface area contributed by atoms with E-state index in [0.717, 1.165) is 0 Å². The van der Waals surface area contributed by atoms with Crippen LogP contribution in [0.2, 0.25) is 0 Å². The summed E-state index contributed by atoms with van der Waals surface area (Å²) in [5, 5.41) is 3.10. The van der Waals surface area contributed by atoms with Gasteiger partial charge in [0, 0.05) is 0 Å². The van der Waals surface area contributed by atoms with E-state index in [-0.39, 0.29) is 5.41 Å². The quantitative estimate of drug-likeness (QED) is 0.478. The molecule has 1 fully saturated rings. The maximum Gasteiger partial charge on any atom is 0.267 e. The van der Waals surface area contributed by atoms with E-state index in [1.54, 1.807) is 0 Å². The molecule has 0 amide bonds. The van der Waals surface area contributed by atoms with Gasteiger partial charge in [-0.2, -0.15) is 0 Å². The lowest BCUT2D eigenvalue weighted by atomic mass is 9.96. The second-order valence-corrected chi connectivity index (χ2v) is 4.50. The van der Waals surface area contributed by atoms with Crippen molar-refractivity contribution in [1.29, 1.82) is 0 Å². The van der Waals surface area contributed by atoms with Gasteiger partial charge in [0.1, 0.15) is 4.99 Å². The van der Waals surface area contributed by atoms with Gasteiger partial charge in [-0.1, -0.05) is 33.0 Å². The topological polar surface area (TPSA) is 21.3 Å². The Morgan fingerprint density at radius 2 is 1.92 bits per heavy atom. The van der Waals surface area contributed by atoms with E-state index in [0.29, 0.717) is 15.9 Å². The van der Waals surface area contributed by atoms with Crippen LogP contribution >= 0.6 is 24.4 Å². The minimum atomic E-state index is 0.0566. The van der Waals surface area contributed by atoms with E-state index < -0.39 is 0 Å². The van der Waals surface area contributed by atoms with E-state index >= 15 is 0 Å². The number of ether oxygens (including phenoxy) is 1. The van der Waals surface area contributed by atoms with Crippen LogP contribution in [0.25, 0.3) is 0 Å². The van der Waals surface area contributed by atoms with Gasteiger partial charge in [-0.3, -0.25) is 0 Å². The lowest BCUT2D eigenvalue weighted by Crippen LogP contribution is -2.17. The first kappa shape index (κ1) is 9.61. The molecule has 12 heavy (non-hydrogen) atoms. The smallest absolute Gasteiger partial charge is 0.267 e. The number of allylic oxidation sites excluding steroid dienone is 1. The average Bonchev–Trinajstić information content (AvgIpc) is 2.06. The molecule has 0 aromatic heterocycles. The molecule has 0 spiro atoms. The Bertz CT molecular complexity index is 263. The Hall–Kier alpha value is -0.480. The van der Waals surface area contributed by atoms with Crippen molar-refractivity contribution in [1.82, 2.24) is 5.32 Å². The summed E-state index contributed by atoms with van der Waals surface area (Å²) in [6.45, 7) is 6.23. The molecule has 1 saturated heterocycles. The van der Waals surface area contributed by atoms with Crippen LogP contribution < -0.4 is 5.32 Å². The molecule has 0 radical (unpaired) electrons. The summed E-state index contributed by atoms with van der Waals surface area (Å²) in [5.74, 6) is 0.669. The largest absolute Gasteiger partial charge is 0.429 e. The van der Waals surface area contributed by atoms with Gasteiger partial charge in [0.05, 0.1) is 0 Å². The Kier molecular flexibility index (Phi) is 2.49. The zero-order chi connectivity index (χ0) is 9.35. The normalized spacial score (nSPS) is 21.1. The monoisotopic (exact) mass is 201 g/mol. The predicted molar refractivity (Wildman–Crippen MR) is 57.0 cm³/mol. The Morgan fingerprint density at radius 1 is 1.33 bits per heavy atom. The highest BCUT2D eigenvalue weighted by Crippen LogP contribution is 2.20. The fourth-order valence-corrected chi connectivity index (χ4v) is 1.26. The van der Waals surface area contributed by atoms with Gasteiger partial charge in [0.25, 0.3) is 5.17 Å². The Balaban J connectivity index is 2.84. The Labute approximate surface area is 83.0 Å². The summed E-state index contributed by atoms with van der Waals surface area (Å²) < 4.78 is 5.19. The van der Waals surface area contributed by atoms with E-state index in [9.17, 15) is 0 Å². The molecule has 2 nitrogen and oxygen atoms in total. The lowest BCUT2D eigenvalue weighted by molar-refractivity contribution is 0.441. The van der Waals surface area contributed by atoms with Crippen molar-refractivity contribution < 1.29 is 4.74 Å². The van der Waals surface area contributed by atoms with Crippen LogP contribution in [0.5, 0.6) is 0 Å². The first-order valence-corrected chi connectivity index (χ1v) is 4.46. The number of nitrogens with one attached hydrogen (secondary N) is 1. The van der Waals surface area contributed by atoms with Crippen molar-refractivity contribution in [3.63, 3.8) is 0 Å². The summed E-state index contributed by atoms with van der Waals surface area (Å²) in [7, 11) is 0. The summed E-state index contributed by atoms with van der Waals surface area (Å²) in [4.78, 5) is 0.579. The molecule has 4 heteroatoms. The first-order valence-electron chi connectivity index (χ1n) is 3.64. The van der Waals surface area contributed by atoms with Gasteiger partial charge in [-0.05, 0) is 23.7 Å². The zero-order valence-electron chi connectivity index (χ0n) is 7.30. The molecular weight excluding hydrogens is 190 g/mol. The molecule has 0 saturated carbocycles. The molecule has 0 aromatic carbocycles. The highest BCUT2D eigenvalue weighted by molar-refractivity contribution is 7.82. The fraction of sp³-hybridized carbons (Fsp3) is 0.500. The molecule has 0 bridgehead atoms. The molecule has 1 heterocycles. The Morgan fingerprint density at radius 3 is 2.25 bits per heavy atom. The van der Waals surface area contributed by atoms with Crippen LogP contribution in [0.1, 0.15) is 20.8 Å². The zero-order valence-corrected chi connectivity index (χ0v) is 8.94. The van der Waals surface area contributed by atoms with Crippen LogP contribution in [0.15, 0.2) is 11.8 Å². The van der Waals surface area contributed by atoms with Crippen LogP contribution in [-0.4, -0.2) is 10.2 Å². The van der Waals surface area contributed by atoms with Crippen molar-refractivity contribution in [3.8, 4) is 0 Å². The predicted octanol–water partition coefficient (Wildman–Crippen LogP) is 2.15. The molecule has 1 rings (SSSR count). The van der Waals surface area contributed by atoms with Gasteiger partial charge < -0.3 is 10.1 Å². The molecule has 1 N–H and O–H groups in total. The SMILES string of the molecule is CC(C)(C)/C=C1\OC(=S)NC1=S. The van der Waals surface area contributed by atoms with Crippen LogP contribution in [0.3, 0.4) is 0 Å². The highest BCUT2D eigenvalue weighted by Gasteiger charge is 2.21. The molecule has 1 aliphatic heterocycles. The van der Waals surface area contributed by atoms with Crippen molar-refractivity contribution >= 4 is 34.6 Å². The average molecular weight is 201 g/mol. The molecule has 1 aliphatic rings. The highest BCUT2D eigenvalue weighted by atomic mass is 32.1. The molecule has 0 atom stereocenters. The van der Waals surface area contributed by atoms with Crippen molar-refractivity contribution in [2.24, 2.45) is 5.41 Å². The van der Waals surface area contributed by atoms with Crippen molar-refractivity contribution in [2.45, 2.75) is 20.8 Å². The maximum atomic E-state index is 5.19. The summed E-state index contributed by atoms with van der Waals surface area (Å²) in [6.07, 6.45) is 1.96. The molecule has 0 unspecified atom stereocenters.